The fourth-order valence-electron chi connectivity index (χ4n) is 1.81. The van der Waals surface area contributed by atoms with E-state index in [9.17, 15) is 4.79 Å². The van der Waals surface area contributed by atoms with Crippen LogP contribution in [-0.2, 0) is 10.5 Å². The highest BCUT2D eigenvalue weighted by Crippen LogP contribution is 2.28. The molecule has 2 aromatic carbocycles. The molecule has 1 N–H and O–H groups in total. The molecule has 2 nitrogen and oxygen atoms in total. The van der Waals surface area contributed by atoms with Crippen LogP contribution in [0.5, 0.6) is 0 Å². The van der Waals surface area contributed by atoms with Crippen LogP contribution in [0.15, 0.2) is 47.4 Å². The standard InChI is InChI=1S/C16H15Cl2NOS2/c1-21-12-5-2-4-11(8-12)19-16(20)10-22-9-13-14(17)6-3-7-15(13)18/h2-8H,9-10H2,1H3,(H,19,20). The van der Waals surface area contributed by atoms with Crippen molar-refractivity contribution in [3.05, 3.63) is 58.1 Å². The number of benzene rings is 2. The lowest BCUT2D eigenvalue weighted by Crippen LogP contribution is -2.14. The van der Waals surface area contributed by atoms with Crippen LogP contribution in [0.1, 0.15) is 5.56 Å². The number of hydrogen-bond acceptors (Lipinski definition) is 3. The van der Waals surface area contributed by atoms with Crippen LogP contribution in [0.4, 0.5) is 5.69 Å². The number of hydrogen-bond donors (Lipinski definition) is 1. The molecule has 0 radical (unpaired) electrons. The van der Waals surface area contributed by atoms with E-state index in [1.165, 1.54) is 11.8 Å². The largest absolute Gasteiger partial charge is 0.325 e. The van der Waals surface area contributed by atoms with E-state index in [2.05, 4.69) is 5.32 Å². The monoisotopic (exact) mass is 371 g/mol. The first-order valence-electron chi connectivity index (χ1n) is 6.54. The van der Waals surface area contributed by atoms with Gasteiger partial charge >= 0.3 is 0 Å². The average Bonchev–Trinajstić information content (AvgIpc) is 2.50. The number of halogens is 2. The number of thioether (sulfide) groups is 2. The van der Waals surface area contributed by atoms with Crippen molar-refractivity contribution in [1.82, 2.24) is 0 Å². The lowest BCUT2D eigenvalue weighted by Gasteiger charge is -2.08. The summed E-state index contributed by atoms with van der Waals surface area (Å²) < 4.78 is 0. The zero-order chi connectivity index (χ0) is 15.9. The molecular formula is C16H15Cl2NOS2. The van der Waals surface area contributed by atoms with E-state index < -0.39 is 0 Å². The van der Waals surface area contributed by atoms with Crippen molar-refractivity contribution in [3.63, 3.8) is 0 Å². The van der Waals surface area contributed by atoms with Gasteiger partial charge in [-0.3, -0.25) is 4.79 Å². The zero-order valence-corrected chi connectivity index (χ0v) is 15.1. The molecule has 0 saturated heterocycles. The van der Waals surface area contributed by atoms with Crippen LogP contribution in [-0.4, -0.2) is 17.9 Å². The average molecular weight is 372 g/mol. The summed E-state index contributed by atoms with van der Waals surface area (Å²) >= 11 is 15.3. The minimum Gasteiger partial charge on any atom is -0.325 e. The molecule has 6 heteroatoms. The van der Waals surface area contributed by atoms with Crippen LogP contribution in [0.3, 0.4) is 0 Å². The molecule has 0 aliphatic rings. The van der Waals surface area contributed by atoms with Crippen LogP contribution < -0.4 is 5.32 Å². The van der Waals surface area contributed by atoms with Gasteiger partial charge < -0.3 is 5.32 Å². The van der Waals surface area contributed by atoms with Crippen LogP contribution >= 0.6 is 46.7 Å². The quantitative estimate of drug-likeness (QED) is 0.671. The molecule has 0 aliphatic carbocycles. The molecule has 0 heterocycles. The molecular weight excluding hydrogens is 357 g/mol. The molecule has 0 spiro atoms. The van der Waals surface area contributed by atoms with Crippen molar-refractivity contribution in [1.29, 1.82) is 0 Å². The molecule has 0 atom stereocenters. The van der Waals surface area contributed by atoms with Crippen molar-refractivity contribution < 1.29 is 4.79 Å². The first kappa shape index (κ1) is 17.5. The first-order valence-corrected chi connectivity index (χ1v) is 9.68. The van der Waals surface area contributed by atoms with E-state index in [4.69, 9.17) is 23.2 Å². The van der Waals surface area contributed by atoms with Crippen LogP contribution in [0.2, 0.25) is 10.0 Å². The predicted molar refractivity (Wildman–Crippen MR) is 99.5 cm³/mol. The van der Waals surface area contributed by atoms with E-state index in [1.807, 2.05) is 36.6 Å². The van der Waals surface area contributed by atoms with E-state index in [-0.39, 0.29) is 5.91 Å². The summed E-state index contributed by atoms with van der Waals surface area (Å²) in [5.74, 6) is 0.924. The highest BCUT2D eigenvalue weighted by molar-refractivity contribution is 7.99. The third kappa shape index (κ3) is 5.13. The molecule has 0 fully saturated rings. The Morgan fingerprint density at radius 1 is 1.14 bits per heavy atom. The maximum Gasteiger partial charge on any atom is 0.234 e. The summed E-state index contributed by atoms with van der Waals surface area (Å²) in [6.07, 6.45) is 2.00. The minimum absolute atomic E-state index is 0.0357. The highest BCUT2D eigenvalue weighted by Gasteiger charge is 2.08. The van der Waals surface area contributed by atoms with Gasteiger partial charge in [0.2, 0.25) is 5.91 Å². The number of carbonyl (C=O) groups excluding carboxylic acids is 1. The Hall–Kier alpha value is -0.810. The predicted octanol–water partition coefficient (Wildman–Crippen LogP) is 5.59. The molecule has 2 rings (SSSR count). The fraction of sp³-hybridized carbons (Fsp3) is 0.188. The Bertz CT molecular complexity index is 644. The summed E-state index contributed by atoms with van der Waals surface area (Å²) in [5.41, 5.74) is 1.68. The van der Waals surface area contributed by atoms with Gasteiger partial charge in [0, 0.05) is 26.4 Å². The molecule has 116 valence electrons. The number of amides is 1. The van der Waals surface area contributed by atoms with Gasteiger partial charge in [0.05, 0.1) is 5.75 Å². The Kier molecular flexibility index (Phi) is 6.96. The van der Waals surface area contributed by atoms with Crippen molar-refractivity contribution in [3.8, 4) is 0 Å². The number of anilines is 1. The van der Waals surface area contributed by atoms with Gasteiger partial charge in [0.1, 0.15) is 0 Å². The van der Waals surface area contributed by atoms with Gasteiger partial charge in [-0.15, -0.1) is 23.5 Å². The molecule has 0 saturated carbocycles. The second-order valence-electron chi connectivity index (χ2n) is 4.47. The molecule has 0 aromatic heterocycles. The van der Waals surface area contributed by atoms with Gasteiger partial charge in [-0.2, -0.15) is 0 Å². The SMILES string of the molecule is CSc1cccc(NC(=O)CSCc2c(Cl)cccc2Cl)c1. The van der Waals surface area contributed by atoms with Crippen molar-refractivity contribution in [2.75, 3.05) is 17.3 Å². The van der Waals surface area contributed by atoms with E-state index in [0.717, 1.165) is 16.1 Å². The smallest absolute Gasteiger partial charge is 0.234 e. The maximum absolute atomic E-state index is 12.0. The summed E-state index contributed by atoms with van der Waals surface area (Å²) in [5, 5.41) is 4.16. The minimum atomic E-state index is -0.0357. The molecule has 22 heavy (non-hydrogen) atoms. The third-order valence-corrected chi connectivity index (χ3v) is 5.29. The third-order valence-electron chi connectivity index (χ3n) is 2.89. The van der Waals surface area contributed by atoms with Crippen molar-refractivity contribution >= 4 is 58.3 Å². The number of rotatable bonds is 6. The summed E-state index contributed by atoms with van der Waals surface area (Å²) in [4.78, 5) is 13.1. The molecule has 1 amide bonds. The van der Waals surface area contributed by atoms with E-state index >= 15 is 0 Å². The van der Waals surface area contributed by atoms with Gasteiger partial charge in [-0.1, -0.05) is 35.3 Å². The fourth-order valence-corrected chi connectivity index (χ4v) is 3.84. The topological polar surface area (TPSA) is 29.1 Å². The first-order chi connectivity index (χ1) is 10.6. The molecule has 2 aromatic rings. The van der Waals surface area contributed by atoms with Gasteiger partial charge in [-0.05, 0) is 42.2 Å². The zero-order valence-electron chi connectivity index (χ0n) is 11.9. The number of nitrogens with one attached hydrogen (secondary N) is 1. The molecule has 0 bridgehead atoms. The lowest BCUT2D eigenvalue weighted by molar-refractivity contribution is -0.113. The Morgan fingerprint density at radius 2 is 1.82 bits per heavy atom. The maximum atomic E-state index is 12.0. The van der Waals surface area contributed by atoms with Crippen LogP contribution in [0.25, 0.3) is 0 Å². The normalized spacial score (nSPS) is 10.5. The summed E-state index contributed by atoms with van der Waals surface area (Å²) in [6.45, 7) is 0. The van der Waals surface area contributed by atoms with E-state index in [1.54, 1.807) is 23.9 Å². The molecule has 0 aliphatic heterocycles. The summed E-state index contributed by atoms with van der Waals surface area (Å²) in [7, 11) is 0. The Labute approximate surface area is 149 Å². The van der Waals surface area contributed by atoms with Gasteiger partial charge in [0.25, 0.3) is 0 Å². The van der Waals surface area contributed by atoms with Gasteiger partial charge in [0.15, 0.2) is 0 Å². The highest BCUT2D eigenvalue weighted by atomic mass is 35.5. The van der Waals surface area contributed by atoms with Crippen molar-refractivity contribution in [2.45, 2.75) is 10.6 Å². The van der Waals surface area contributed by atoms with Crippen LogP contribution in [0, 0.1) is 0 Å². The van der Waals surface area contributed by atoms with E-state index in [0.29, 0.717) is 21.6 Å². The summed E-state index contributed by atoms with van der Waals surface area (Å²) in [6, 6.07) is 13.2. The number of carbonyl (C=O) groups is 1. The Morgan fingerprint density at radius 3 is 2.50 bits per heavy atom. The van der Waals surface area contributed by atoms with Gasteiger partial charge in [-0.25, -0.2) is 0 Å². The second kappa shape index (κ2) is 8.73. The second-order valence-corrected chi connectivity index (χ2v) is 7.15. The lowest BCUT2D eigenvalue weighted by atomic mass is 10.2. The Balaban J connectivity index is 1.85. The van der Waals surface area contributed by atoms with Crippen molar-refractivity contribution in [2.24, 2.45) is 0 Å². The molecule has 0 unspecified atom stereocenters.